The van der Waals surface area contributed by atoms with Gasteiger partial charge < -0.3 is 16.0 Å². The van der Waals surface area contributed by atoms with E-state index < -0.39 is 0 Å². The molecule has 1 aliphatic carbocycles. The Morgan fingerprint density at radius 1 is 0.962 bits per heavy atom. The number of nitrogens with zero attached hydrogens (tertiary/aromatic N) is 1. The molecule has 0 bridgehead atoms. The highest BCUT2D eigenvalue weighted by Gasteiger charge is 2.14. The third-order valence-corrected chi connectivity index (χ3v) is 4.41. The number of carbonyl (C=O) groups excluding carboxylic acids is 2. The summed E-state index contributed by atoms with van der Waals surface area (Å²) < 4.78 is 0. The van der Waals surface area contributed by atoms with Gasteiger partial charge >= 0.3 is 0 Å². The minimum absolute atomic E-state index is 0.156. The van der Waals surface area contributed by atoms with E-state index in [1.807, 2.05) is 6.07 Å². The Kier molecular flexibility index (Phi) is 5.84. The third kappa shape index (κ3) is 5.05. The van der Waals surface area contributed by atoms with Gasteiger partial charge in [0.25, 0.3) is 5.91 Å². The van der Waals surface area contributed by atoms with Gasteiger partial charge in [0, 0.05) is 36.2 Å². The average Bonchev–Trinajstić information content (AvgIpc) is 2.62. The first-order chi connectivity index (χ1) is 12.6. The normalized spacial score (nSPS) is 14.5. The molecule has 136 valence electrons. The lowest BCUT2D eigenvalue weighted by molar-refractivity contribution is -0.114. The molecule has 1 aromatic heterocycles. The van der Waals surface area contributed by atoms with Gasteiger partial charge in [0.05, 0.1) is 0 Å². The number of nitrogens with one attached hydrogen (secondary N) is 3. The van der Waals surface area contributed by atoms with E-state index in [9.17, 15) is 9.59 Å². The number of rotatable bonds is 5. The summed E-state index contributed by atoms with van der Waals surface area (Å²) in [4.78, 5) is 27.8. The molecule has 0 saturated heterocycles. The van der Waals surface area contributed by atoms with E-state index in [1.54, 1.807) is 36.5 Å². The molecule has 3 rings (SSSR count). The summed E-state index contributed by atoms with van der Waals surface area (Å²) >= 11 is 0. The lowest BCUT2D eigenvalue weighted by atomic mass is 9.95. The molecule has 26 heavy (non-hydrogen) atoms. The van der Waals surface area contributed by atoms with E-state index in [1.165, 1.54) is 39.0 Å². The Hall–Kier alpha value is -2.89. The molecule has 1 fully saturated rings. The maximum Gasteiger partial charge on any atom is 0.274 e. The number of aromatic nitrogens is 1. The number of hydrogen-bond donors (Lipinski definition) is 3. The second-order valence-electron chi connectivity index (χ2n) is 6.63. The van der Waals surface area contributed by atoms with Crippen molar-refractivity contribution in [2.45, 2.75) is 45.1 Å². The van der Waals surface area contributed by atoms with Crippen LogP contribution in [-0.4, -0.2) is 22.8 Å². The Labute approximate surface area is 153 Å². The number of carbonyl (C=O) groups is 2. The van der Waals surface area contributed by atoms with Gasteiger partial charge in [0.15, 0.2) is 0 Å². The predicted molar refractivity (Wildman–Crippen MR) is 103 cm³/mol. The van der Waals surface area contributed by atoms with Crippen molar-refractivity contribution in [3.8, 4) is 0 Å². The molecular weight excluding hydrogens is 328 g/mol. The molecule has 1 heterocycles. The van der Waals surface area contributed by atoms with Crippen molar-refractivity contribution in [3.63, 3.8) is 0 Å². The van der Waals surface area contributed by atoms with Crippen molar-refractivity contribution in [1.29, 1.82) is 0 Å². The number of pyridine rings is 1. The molecule has 2 aromatic rings. The summed E-state index contributed by atoms with van der Waals surface area (Å²) in [6, 6.07) is 11.2. The number of benzene rings is 1. The highest BCUT2D eigenvalue weighted by molar-refractivity contribution is 6.03. The van der Waals surface area contributed by atoms with Crippen LogP contribution in [0.1, 0.15) is 49.5 Å². The SMILES string of the molecule is CC(=O)Nc1cccc(NC(=O)c2cc(NC3CCCCC3)ccn2)c1. The quantitative estimate of drug-likeness (QED) is 0.758. The van der Waals surface area contributed by atoms with Crippen molar-refractivity contribution < 1.29 is 9.59 Å². The van der Waals surface area contributed by atoms with Gasteiger partial charge in [-0.25, -0.2) is 0 Å². The molecule has 3 N–H and O–H groups in total. The van der Waals surface area contributed by atoms with Crippen LogP contribution in [0.2, 0.25) is 0 Å². The first kappa shape index (κ1) is 17.9. The zero-order valence-electron chi connectivity index (χ0n) is 14.9. The smallest absolute Gasteiger partial charge is 0.274 e. The van der Waals surface area contributed by atoms with Crippen LogP contribution in [0.3, 0.4) is 0 Å². The fourth-order valence-electron chi connectivity index (χ4n) is 3.20. The first-order valence-electron chi connectivity index (χ1n) is 9.02. The molecule has 1 aromatic carbocycles. The minimum atomic E-state index is -0.280. The fourth-order valence-corrected chi connectivity index (χ4v) is 3.20. The third-order valence-electron chi connectivity index (χ3n) is 4.41. The van der Waals surface area contributed by atoms with E-state index in [0.29, 0.717) is 23.1 Å². The van der Waals surface area contributed by atoms with Crippen LogP contribution in [0, 0.1) is 0 Å². The zero-order chi connectivity index (χ0) is 18.4. The molecule has 0 spiro atoms. The number of amides is 2. The van der Waals surface area contributed by atoms with E-state index in [0.717, 1.165) is 5.69 Å². The molecule has 6 nitrogen and oxygen atoms in total. The monoisotopic (exact) mass is 352 g/mol. The summed E-state index contributed by atoms with van der Waals surface area (Å²) in [5, 5.41) is 9.02. The molecule has 6 heteroatoms. The highest BCUT2D eigenvalue weighted by Crippen LogP contribution is 2.22. The average molecular weight is 352 g/mol. The maximum absolute atomic E-state index is 12.5. The summed E-state index contributed by atoms with van der Waals surface area (Å²) in [6.45, 7) is 1.44. The van der Waals surface area contributed by atoms with Crippen LogP contribution in [-0.2, 0) is 4.79 Å². The molecule has 1 aliphatic rings. The summed E-state index contributed by atoms with van der Waals surface area (Å²) in [6.07, 6.45) is 7.79. The minimum Gasteiger partial charge on any atom is -0.382 e. The lowest BCUT2D eigenvalue weighted by Gasteiger charge is -2.23. The first-order valence-corrected chi connectivity index (χ1v) is 9.02. The van der Waals surface area contributed by atoms with E-state index >= 15 is 0 Å². The standard InChI is InChI=1S/C20H24N4O2/c1-14(25)22-16-8-5-9-17(12-16)24-20(26)19-13-18(10-11-21-19)23-15-6-3-2-4-7-15/h5,8-13,15H,2-4,6-7H2,1H3,(H,21,23)(H,22,25)(H,24,26). The van der Waals surface area contributed by atoms with Crippen molar-refractivity contribution >= 4 is 28.9 Å². The van der Waals surface area contributed by atoms with Gasteiger partial charge in [-0.15, -0.1) is 0 Å². The predicted octanol–water partition coefficient (Wildman–Crippen LogP) is 4.04. The Morgan fingerprint density at radius 2 is 1.69 bits per heavy atom. The molecule has 2 amide bonds. The number of hydrogen-bond acceptors (Lipinski definition) is 4. The summed E-state index contributed by atoms with van der Waals surface area (Å²) in [5.74, 6) is -0.436. The largest absolute Gasteiger partial charge is 0.382 e. The van der Waals surface area contributed by atoms with Crippen molar-refractivity contribution in [2.24, 2.45) is 0 Å². The van der Waals surface area contributed by atoms with Crippen LogP contribution in [0.5, 0.6) is 0 Å². The van der Waals surface area contributed by atoms with Crippen molar-refractivity contribution in [2.75, 3.05) is 16.0 Å². The topological polar surface area (TPSA) is 83.1 Å². The van der Waals surface area contributed by atoms with Crippen LogP contribution in [0.25, 0.3) is 0 Å². The van der Waals surface area contributed by atoms with Gasteiger partial charge in [-0.05, 0) is 43.2 Å². The molecular formula is C20H24N4O2. The number of anilines is 3. The fraction of sp³-hybridized carbons (Fsp3) is 0.350. The van der Waals surface area contributed by atoms with E-state index in [-0.39, 0.29) is 11.8 Å². The van der Waals surface area contributed by atoms with Crippen LogP contribution >= 0.6 is 0 Å². The second-order valence-corrected chi connectivity index (χ2v) is 6.63. The Bertz CT molecular complexity index is 785. The van der Waals surface area contributed by atoms with Crippen molar-refractivity contribution in [1.82, 2.24) is 4.98 Å². The lowest BCUT2D eigenvalue weighted by Crippen LogP contribution is -2.22. The van der Waals surface area contributed by atoms with Crippen molar-refractivity contribution in [3.05, 3.63) is 48.3 Å². The van der Waals surface area contributed by atoms with E-state index in [4.69, 9.17) is 0 Å². The molecule has 0 unspecified atom stereocenters. The molecule has 1 saturated carbocycles. The zero-order valence-corrected chi connectivity index (χ0v) is 14.9. The van der Waals surface area contributed by atoms with Gasteiger partial charge in [0.2, 0.25) is 5.91 Å². The van der Waals surface area contributed by atoms with Crippen LogP contribution < -0.4 is 16.0 Å². The molecule has 0 atom stereocenters. The second kappa shape index (κ2) is 8.47. The van der Waals surface area contributed by atoms with Crippen LogP contribution in [0.4, 0.5) is 17.1 Å². The maximum atomic E-state index is 12.5. The Balaban J connectivity index is 1.66. The molecule has 0 radical (unpaired) electrons. The van der Waals surface area contributed by atoms with Gasteiger partial charge in [0.1, 0.15) is 5.69 Å². The van der Waals surface area contributed by atoms with E-state index in [2.05, 4.69) is 20.9 Å². The summed E-state index contributed by atoms with van der Waals surface area (Å²) in [7, 11) is 0. The van der Waals surface area contributed by atoms with Gasteiger partial charge in [-0.2, -0.15) is 0 Å². The summed E-state index contributed by atoms with van der Waals surface area (Å²) in [5.41, 5.74) is 2.52. The highest BCUT2D eigenvalue weighted by atomic mass is 16.2. The van der Waals surface area contributed by atoms with Crippen LogP contribution in [0.15, 0.2) is 42.6 Å². The Morgan fingerprint density at radius 3 is 2.42 bits per heavy atom. The van der Waals surface area contributed by atoms with Gasteiger partial charge in [-0.3, -0.25) is 14.6 Å². The van der Waals surface area contributed by atoms with Gasteiger partial charge in [-0.1, -0.05) is 25.3 Å². The molecule has 0 aliphatic heterocycles.